The molecule has 2 heterocycles. The van der Waals surface area contributed by atoms with E-state index in [2.05, 4.69) is 10.6 Å². The van der Waals surface area contributed by atoms with E-state index in [-0.39, 0.29) is 6.54 Å². The Morgan fingerprint density at radius 2 is 1.94 bits per heavy atom. The number of carbonyl (C=O) groups excluding carboxylic acids is 2. The molecule has 18 heavy (non-hydrogen) atoms. The van der Waals surface area contributed by atoms with Gasteiger partial charge in [0, 0.05) is 0 Å². The van der Waals surface area contributed by atoms with Crippen LogP contribution in [0, 0.1) is 0 Å². The number of hydrogen-bond acceptors (Lipinski definition) is 7. The highest BCUT2D eigenvalue weighted by molar-refractivity contribution is 5.97. The van der Waals surface area contributed by atoms with Crippen molar-refractivity contribution >= 4 is 11.8 Å². The van der Waals surface area contributed by atoms with E-state index in [1.54, 1.807) is 0 Å². The van der Waals surface area contributed by atoms with Crippen molar-refractivity contribution in [1.82, 2.24) is 10.6 Å². The van der Waals surface area contributed by atoms with Gasteiger partial charge in [0.1, 0.15) is 24.4 Å². The first-order chi connectivity index (χ1) is 8.42. The molecular weight excluding hydrogens is 248 g/mol. The molecule has 9 nitrogen and oxygen atoms in total. The molecule has 102 valence electrons. The molecule has 5 atom stereocenters. The van der Waals surface area contributed by atoms with Crippen molar-refractivity contribution < 1.29 is 34.8 Å². The van der Waals surface area contributed by atoms with Crippen LogP contribution in [0.5, 0.6) is 0 Å². The fourth-order valence-corrected chi connectivity index (χ4v) is 2.06. The summed E-state index contributed by atoms with van der Waals surface area (Å²) in [6.45, 7) is -0.963. The lowest BCUT2D eigenvalue weighted by Gasteiger charge is -2.48. The first-order valence-electron chi connectivity index (χ1n) is 5.34. The van der Waals surface area contributed by atoms with Crippen LogP contribution in [0.3, 0.4) is 0 Å². The van der Waals surface area contributed by atoms with Crippen LogP contribution in [0.2, 0.25) is 0 Å². The Labute approximate surface area is 101 Å². The van der Waals surface area contributed by atoms with Gasteiger partial charge in [-0.2, -0.15) is 0 Å². The van der Waals surface area contributed by atoms with Gasteiger partial charge < -0.3 is 35.8 Å². The molecule has 2 aliphatic rings. The molecule has 2 rings (SSSR count). The maximum absolute atomic E-state index is 11.8. The maximum atomic E-state index is 11.8. The van der Waals surface area contributed by atoms with Crippen molar-refractivity contribution in [3.05, 3.63) is 0 Å². The molecule has 6 N–H and O–H groups in total. The zero-order chi connectivity index (χ0) is 13.5. The van der Waals surface area contributed by atoms with E-state index >= 15 is 0 Å². The lowest BCUT2D eigenvalue weighted by Crippen LogP contribution is -2.79. The quantitative estimate of drug-likeness (QED) is 0.278. The predicted molar refractivity (Wildman–Crippen MR) is 53.9 cm³/mol. The summed E-state index contributed by atoms with van der Waals surface area (Å²) in [7, 11) is 0. The van der Waals surface area contributed by atoms with Gasteiger partial charge in [-0.15, -0.1) is 0 Å². The second-order valence-corrected chi connectivity index (χ2v) is 4.23. The Balaban J connectivity index is 2.34. The van der Waals surface area contributed by atoms with E-state index in [4.69, 9.17) is 9.84 Å². The highest BCUT2D eigenvalue weighted by atomic mass is 16.6. The zero-order valence-electron chi connectivity index (χ0n) is 9.24. The van der Waals surface area contributed by atoms with Gasteiger partial charge in [-0.05, 0) is 0 Å². The third kappa shape index (κ3) is 1.76. The summed E-state index contributed by atoms with van der Waals surface area (Å²) in [5, 5.41) is 42.4. The minimum atomic E-state index is -2.19. The Hall–Kier alpha value is -1.26. The Morgan fingerprint density at radius 1 is 1.28 bits per heavy atom. The van der Waals surface area contributed by atoms with E-state index < -0.39 is 48.6 Å². The molecule has 0 unspecified atom stereocenters. The van der Waals surface area contributed by atoms with Crippen LogP contribution in [-0.4, -0.2) is 75.5 Å². The van der Waals surface area contributed by atoms with Gasteiger partial charge in [-0.1, -0.05) is 0 Å². The predicted octanol–water partition coefficient (Wildman–Crippen LogP) is -4.60. The lowest BCUT2D eigenvalue weighted by atomic mass is 9.89. The first kappa shape index (κ1) is 13.2. The normalized spacial score (nSPS) is 44.7. The number of aliphatic hydroxyl groups is 4. The molecule has 0 aliphatic carbocycles. The van der Waals surface area contributed by atoms with Crippen LogP contribution in [0.4, 0.5) is 0 Å². The Morgan fingerprint density at radius 3 is 2.56 bits per heavy atom. The highest BCUT2D eigenvalue weighted by Gasteiger charge is 2.60. The number of carbonyl (C=O) groups is 2. The molecule has 0 aromatic heterocycles. The summed E-state index contributed by atoms with van der Waals surface area (Å²) in [4.78, 5) is 23.0. The van der Waals surface area contributed by atoms with Crippen molar-refractivity contribution in [2.45, 2.75) is 30.1 Å². The molecule has 0 aromatic rings. The third-order valence-corrected chi connectivity index (χ3v) is 3.06. The van der Waals surface area contributed by atoms with Gasteiger partial charge >= 0.3 is 0 Å². The van der Waals surface area contributed by atoms with E-state index in [0.717, 1.165) is 0 Å². The lowest BCUT2D eigenvalue weighted by molar-refractivity contribution is -0.275. The summed E-state index contributed by atoms with van der Waals surface area (Å²) in [6, 6.07) is 0. The Bertz CT molecular complexity index is 374. The van der Waals surface area contributed by atoms with Crippen molar-refractivity contribution in [3.63, 3.8) is 0 Å². The summed E-state index contributed by atoms with van der Waals surface area (Å²) < 4.78 is 5.09. The number of hydrogen-bond donors (Lipinski definition) is 6. The minimum Gasteiger partial charge on any atom is -0.394 e. The van der Waals surface area contributed by atoms with Crippen LogP contribution < -0.4 is 10.6 Å². The van der Waals surface area contributed by atoms with E-state index in [0.29, 0.717) is 0 Å². The molecule has 2 amide bonds. The molecule has 0 saturated carbocycles. The second-order valence-electron chi connectivity index (χ2n) is 4.23. The molecule has 0 radical (unpaired) electrons. The van der Waals surface area contributed by atoms with Crippen LogP contribution in [0.25, 0.3) is 0 Å². The van der Waals surface area contributed by atoms with Gasteiger partial charge in [-0.25, -0.2) is 0 Å². The molecule has 9 heteroatoms. The third-order valence-electron chi connectivity index (χ3n) is 3.06. The van der Waals surface area contributed by atoms with E-state index in [9.17, 15) is 24.9 Å². The topological polar surface area (TPSA) is 148 Å². The second kappa shape index (κ2) is 4.44. The average Bonchev–Trinajstić information content (AvgIpc) is 2.36. The molecule has 2 aliphatic heterocycles. The number of rotatable bonds is 1. The fourth-order valence-electron chi connectivity index (χ4n) is 2.06. The number of amides is 2. The fraction of sp³-hybridized carbons (Fsp3) is 0.778. The number of piperazine rings is 1. The molecule has 2 fully saturated rings. The monoisotopic (exact) mass is 262 g/mol. The minimum absolute atomic E-state index is 0.279. The van der Waals surface area contributed by atoms with Gasteiger partial charge in [-0.3, -0.25) is 9.59 Å². The Kier molecular flexibility index (Phi) is 3.25. The highest BCUT2D eigenvalue weighted by Crippen LogP contribution is 2.29. The van der Waals surface area contributed by atoms with Crippen LogP contribution in [0.15, 0.2) is 0 Å². The summed E-state index contributed by atoms with van der Waals surface area (Å²) >= 11 is 0. The standard InChI is InChI=1S/C9H14N2O7/c12-2-3-5(14)6(15)7(16)9(18-3)8(17)10-1-4(13)11-9/h3,5-7,12,14-16H,1-2H2,(H,10,17)(H,11,13)/t3-,5+,6-,7-,9-/m0/s1. The largest absolute Gasteiger partial charge is 0.394 e. The van der Waals surface area contributed by atoms with Gasteiger partial charge in [0.25, 0.3) is 11.6 Å². The van der Waals surface area contributed by atoms with Crippen LogP contribution in [0.1, 0.15) is 0 Å². The summed E-state index contributed by atoms with van der Waals surface area (Å²) in [5.41, 5.74) is -2.19. The molecule has 1 spiro atoms. The molecule has 2 saturated heterocycles. The van der Waals surface area contributed by atoms with Crippen molar-refractivity contribution in [1.29, 1.82) is 0 Å². The van der Waals surface area contributed by atoms with Crippen molar-refractivity contribution in [2.75, 3.05) is 13.2 Å². The van der Waals surface area contributed by atoms with Gasteiger partial charge in [0.2, 0.25) is 5.91 Å². The molecular formula is C9H14N2O7. The molecule has 0 aromatic carbocycles. The smallest absolute Gasteiger partial charge is 0.276 e. The van der Waals surface area contributed by atoms with Crippen molar-refractivity contribution in [3.8, 4) is 0 Å². The van der Waals surface area contributed by atoms with Gasteiger partial charge in [0.15, 0.2) is 0 Å². The number of aliphatic hydroxyl groups excluding tert-OH is 4. The van der Waals surface area contributed by atoms with Crippen LogP contribution >= 0.6 is 0 Å². The zero-order valence-corrected chi connectivity index (χ0v) is 9.24. The van der Waals surface area contributed by atoms with Crippen molar-refractivity contribution in [2.24, 2.45) is 0 Å². The maximum Gasteiger partial charge on any atom is 0.276 e. The van der Waals surface area contributed by atoms with Crippen LogP contribution in [-0.2, 0) is 14.3 Å². The summed E-state index contributed by atoms with van der Waals surface area (Å²) in [5.74, 6) is -1.46. The summed E-state index contributed by atoms with van der Waals surface area (Å²) in [6.07, 6.45) is -6.45. The van der Waals surface area contributed by atoms with E-state index in [1.165, 1.54) is 0 Å². The number of ether oxygens (including phenoxy) is 1. The SMILES string of the molecule is O=C1CNC(=O)[C@@]2(N1)O[C@@H](CO)[C@@H](O)[C@H](O)[C@@H]2O. The first-order valence-corrected chi connectivity index (χ1v) is 5.34. The molecule has 0 bridgehead atoms. The number of nitrogens with one attached hydrogen (secondary N) is 2. The van der Waals surface area contributed by atoms with Gasteiger partial charge in [0.05, 0.1) is 13.2 Å². The van der Waals surface area contributed by atoms with E-state index in [1.807, 2.05) is 0 Å². The average molecular weight is 262 g/mol.